The minimum Gasteiger partial charge on any atom is -0.378 e. The van der Waals surface area contributed by atoms with Crippen LogP contribution in [-0.2, 0) is 27.8 Å². The molecule has 1 atom stereocenters. The van der Waals surface area contributed by atoms with E-state index < -0.39 is 10.0 Å². The van der Waals surface area contributed by atoms with E-state index in [1.165, 1.54) is 0 Å². The maximum atomic E-state index is 12.4. The molecule has 2 aliphatic rings. The molecule has 0 N–H and O–H groups in total. The van der Waals surface area contributed by atoms with Gasteiger partial charge in [-0.05, 0) is 25.0 Å². The highest BCUT2D eigenvalue weighted by Gasteiger charge is 2.41. The maximum absolute atomic E-state index is 12.4. The molecular formula is C12H18N2O3S. The van der Waals surface area contributed by atoms with Crippen molar-refractivity contribution in [3.8, 4) is 0 Å². The number of nitrogens with zero attached hydrogens (tertiary/aromatic N) is 2. The summed E-state index contributed by atoms with van der Waals surface area (Å²) in [5.74, 6) is 0. The molecule has 100 valence electrons. The smallest absolute Gasteiger partial charge is 0.217 e. The van der Waals surface area contributed by atoms with Crippen molar-refractivity contribution < 1.29 is 13.2 Å². The first-order valence-electron chi connectivity index (χ1n) is 6.27. The zero-order valence-electron chi connectivity index (χ0n) is 10.4. The third-order valence-corrected chi connectivity index (χ3v) is 6.02. The highest BCUT2D eigenvalue weighted by atomic mass is 32.2. The zero-order valence-corrected chi connectivity index (χ0v) is 11.3. The van der Waals surface area contributed by atoms with E-state index in [0.717, 1.165) is 25.1 Å². The molecule has 1 aliphatic heterocycles. The average molecular weight is 270 g/mol. The van der Waals surface area contributed by atoms with Gasteiger partial charge in [-0.3, -0.25) is 0 Å². The highest BCUT2D eigenvalue weighted by Crippen LogP contribution is 2.32. The summed E-state index contributed by atoms with van der Waals surface area (Å²) in [6.45, 7) is 1.64. The minimum atomic E-state index is -3.14. The molecule has 3 rings (SSSR count). The molecule has 1 aliphatic carbocycles. The van der Waals surface area contributed by atoms with Gasteiger partial charge in [-0.1, -0.05) is 0 Å². The summed E-state index contributed by atoms with van der Waals surface area (Å²) in [4.78, 5) is 0. The molecule has 0 bridgehead atoms. The lowest BCUT2D eigenvalue weighted by Crippen LogP contribution is -2.38. The minimum absolute atomic E-state index is 0.0767. The van der Waals surface area contributed by atoms with Gasteiger partial charge in [-0.2, -0.15) is 4.31 Å². The number of sulfonamides is 1. The number of ether oxygens (including phenoxy) is 1. The van der Waals surface area contributed by atoms with Crippen LogP contribution in [0.1, 0.15) is 18.5 Å². The number of hydrogen-bond donors (Lipinski definition) is 0. The van der Waals surface area contributed by atoms with Crippen molar-refractivity contribution in [3.63, 3.8) is 0 Å². The van der Waals surface area contributed by atoms with Crippen LogP contribution in [0.5, 0.6) is 0 Å². The molecule has 5 nitrogen and oxygen atoms in total. The predicted molar refractivity (Wildman–Crippen MR) is 67.6 cm³/mol. The zero-order chi connectivity index (χ0) is 12.8. The van der Waals surface area contributed by atoms with Crippen LogP contribution in [-0.4, -0.2) is 42.3 Å². The summed E-state index contributed by atoms with van der Waals surface area (Å²) in [6, 6.07) is 3.93. The second-order valence-electron chi connectivity index (χ2n) is 5.05. The topological polar surface area (TPSA) is 51.5 Å². The largest absolute Gasteiger partial charge is 0.378 e. The number of hydrogen-bond acceptors (Lipinski definition) is 3. The lowest BCUT2D eigenvalue weighted by Gasteiger charge is -2.22. The Morgan fingerprint density at radius 1 is 1.33 bits per heavy atom. The van der Waals surface area contributed by atoms with Gasteiger partial charge in [0.2, 0.25) is 10.0 Å². The van der Waals surface area contributed by atoms with Crippen molar-refractivity contribution in [1.82, 2.24) is 8.87 Å². The second kappa shape index (κ2) is 4.36. The summed E-state index contributed by atoms with van der Waals surface area (Å²) in [7, 11) is -1.50. The van der Waals surface area contributed by atoms with Crippen LogP contribution >= 0.6 is 0 Å². The van der Waals surface area contributed by atoms with E-state index in [-0.39, 0.29) is 11.4 Å². The standard InChI is InChI=1S/C12H18N2O3S/c1-17-11-8-13-6-2-3-10(13)7-14(9-11)18(15,16)12-4-5-12/h2-3,6,11-12H,4-5,7-9H2,1H3/t11-/m0/s1. The molecule has 6 heteroatoms. The average Bonchev–Trinajstić information content (AvgIpc) is 3.14. The monoisotopic (exact) mass is 270 g/mol. The first-order valence-corrected chi connectivity index (χ1v) is 7.77. The molecule has 2 heterocycles. The van der Waals surface area contributed by atoms with Crippen LogP contribution in [0, 0.1) is 0 Å². The highest BCUT2D eigenvalue weighted by molar-refractivity contribution is 7.90. The van der Waals surface area contributed by atoms with Gasteiger partial charge in [-0.15, -0.1) is 0 Å². The van der Waals surface area contributed by atoms with Gasteiger partial charge in [0.05, 0.1) is 17.9 Å². The van der Waals surface area contributed by atoms with E-state index >= 15 is 0 Å². The Bertz CT molecular complexity index is 533. The molecule has 0 aromatic carbocycles. The van der Waals surface area contributed by atoms with Gasteiger partial charge >= 0.3 is 0 Å². The lowest BCUT2D eigenvalue weighted by atomic mass is 10.3. The van der Waals surface area contributed by atoms with Crippen LogP contribution < -0.4 is 0 Å². The normalized spacial score (nSPS) is 25.7. The summed E-state index contributed by atoms with van der Waals surface area (Å²) < 4.78 is 33.8. The Morgan fingerprint density at radius 2 is 2.11 bits per heavy atom. The number of aromatic nitrogens is 1. The summed E-state index contributed by atoms with van der Waals surface area (Å²) in [5.41, 5.74) is 1.04. The lowest BCUT2D eigenvalue weighted by molar-refractivity contribution is 0.0770. The van der Waals surface area contributed by atoms with E-state index in [1.54, 1.807) is 11.4 Å². The molecule has 1 aromatic rings. The molecule has 1 fully saturated rings. The fourth-order valence-corrected chi connectivity index (χ4v) is 4.28. The quantitative estimate of drug-likeness (QED) is 0.817. The Kier molecular flexibility index (Phi) is 2.96. The molecule has 0 unspecified atom stereocenters. The van der Waals surface area contributed by atoms with Gasteiger partial charge in [0.1, 0.15) is 0 Å². The van der Waals surface area contributed by atoms with E-state index in [1.807, 2.05) is 18.3 Å². The number of fused-ring (bicyclic) bond motifs is 1. The predicted octanol–water partition coefficient (Wildman–Crippen LogP) is 0.811. The molecular weight excluding hydrogens is 252 g/mol. The van der Waals surface area contributed by atoms with Crippen LogP contribution in [0.3, 0.4) is 0 Å². The molecule has 0 amide bonds. The SMILES string of the molecule is CO[C@@H]1CN(S(=O)(=O)C2CC2)Cc2cccn2C1. The van der Waals surface area contributed by atoms with E-state index in [0.29, 0.717) is 13.1 Å². The first kappa shape index (κ1) is 12.2. The van der Waals surface area contributed by atoms with Crippen molar-refractivity contribution in [1.29, 1.82) is 0 Å². The maximum Gasteiger partial charge on any atom is 0.217 e. The molecule has 0 saturated heterocycles. The van der Waals surface area contributed by atoms with Crippen molar-refractivity contribution in [2.75, 3.05) is 13.7 Å². The van der Waals surface area contributed by atoms with Crippen molar-refractivity contribution >= 4 is 10.0 Å². The molecule has 1 saturated carbocycles. The van der Waals surface area contributed by atoms with Gasteiger partial charge in [0.15, 0.2) is 0 Å². The van der Waals surface area contributed by atoms with Gasteiger partial charge in [0.25, 0.3) is 0 Å². The molecule has 18 heavy (non-hydrogen) atoms. The Labute approximate surface area is 107 Å². The van der Waals surface area contributed by atoms with Crippen molar-refractivity contribution in [2.24, 2.45) is 0 Å². The summed E-state index contributed by atoms with van der Waals surface area (Å²) in [5, 5.41) is -0.156. The van der Waals surface area contributed by atoms with Crippen LogP contribution in [0.4, 0.5) is 0 Å². The third kappa shape index (κ3) is 2.08. The first-order chi connectivity index (χ1) is 8.61. The fraction of sp³-hybridized carbons (Fsp3) is 0.667. The molecule has 0 radical (unpaired) electrons. The van der Waals surface area contributed by atoms with Crippen molar-refractivity contribution in [2.45, 2.75) is 37.3 Å². The summed E-state index contributed by atoms with van der Waals surface area (Å²) >= 11 is 0. The van der Waals surface area contributed by atoms with Crippen LogP contribution in [0.25, 0.3) is 0 Å². The fourth-order valence-electron chi connectivity index (χ4n) is 2.44. The second-order valence-corrected chi connectivity index (χ2v) is 7.26. The Hall–Kier alpha value is -0.850. The number of methoxy groups -OCH3 is 1. The Morgan fingerprint density at radius 3 is 2.78 bits per heavy atom. The van der Waals surface area contributed by atoms with Crippen LogP contribution in [0.15, 0.2) is 18.3 Å². The van der Waals surface area contributed by atoms with Gasteiger partial charge < -0.3 is 9.30 Å². The third-order valence-electron chi connectivity index (χ3n) is 3.71. The van der Waals surface area contributed by atoms with E-state index in [2.05, 4.69) is 4.57 Å². The Balaban J connectivity index is 1.91. The van der Waals surface area contributed by atoms with Gasteiger partial charge in [-0.25, -0.2) is 8.42 Å². The summed E-state index contributed by atoms with van der Waals surface area (Å²) in [6.07, 6.45) is 3.51. The number of rotatable bonds is 3. The van der Waals surface area contributed by atoms with Gasteiger partial charge in [0, 0.05) is 32.1 Å². The van der Waals surface area contributed by atoms with E-state index in [9.17, 15) is 8.42 Å². The van der Waals surface area contributed by atoms with Crippen molar-refractivity contribution in [3.05, 3.63) is 24.0 Å². The van der Waals surface area contributed by atoms with Crippen LogP contribution in [0.2, 0.25) is 0 Å². The molecule has 1 aromatic heterocycles. The molecule has 0 spiro atoms. The van der Waals surface area contributed by atoms with E-state index in [4.69, 9.17) is 4.74 Å².